The third kappa shape index (κ3) is 44.5. The van der Waals surface area contributed by atoms with Crippen molar-refractivity contribution in [3.63, 3.8) is 0 Å². The molecule has 144 heavy (non-hydrogen) atoms. The molecule has 0 saturated heterocycles. The van der Waals surface area contributed by atoms with E-state index in [1.807, 2.05) is 155 Å². The van der Waals surface area contributed by atoms with Gasteiger partial charge in [0, 0.05) is 170 Å². The largest absolute Gasteiger partial charge is 0.516 e. The van der Waals surface area contributed by atoms with E-state index in [1.54, 1.807) is 56.7 Å². The Balaban J connectivity index is 0.000000817. The molecule has 5 aromatic heterocycles. The van der Waals surface area contributed by atoms with Gasteiger partial charge >= 0.3 is 0 Å². The summed E-state index contributed by atoms with van der Waals surface area (Å²) in [6, 6.07) is 74.9. The van der Waals surface area contributed by atoms with E-state index in [0.29, 0.717) is 50.1 Å². The number of hydrogen-bond acceptors (Lipinski definition) is 17. The third-order valence-corrected chi connectivity index (χ3v) is 19.4. The van der Waals surface area contributed by atoms with Gasteiger partial charge in [0.15, 0.2) is 28.9 Å². The van der Waals surface area contributed by atoms with Crippen LogP contribution in [0.15, 0.2) is 265 Å². The van der Waals surface area contributed by atoms with Gasteiger partial charge in [-0.15, -0.1) is 170 Å². The van der Waals surface area contributed by atoms with E-state index in [2.05, 4.69) is 100 Å². The van der Waals surface area contributed by atoms with Crippen LogP contribution >= 0.6 is 0 Å². The fraction of sp³-hybridized carbons (Fsp3) is 0.224. The van der Waals surface area contributed by atoms with Crippen LogP contribution in [0, 0.1) is 131 Å². The molecule has 0 amide bonds. The zero-order valence-corrected chi connectivity index (χ0v) is 96.3. The van der Waals surface area contributed by atoms with Crippen LogP contribution in [0.1, 0.15) is 141 Å². The van der Waals surface area contributed by atoms with Gasteiger partial charge in [-0.05, 0) is 186 Å². The Kier molecular flexibility index (Phi) is 55.6. The first-order valence-electron chi connectivity index (χ1n) is 43.8. The number of ether oxygens (including phenoxy) is 2. The molecule has 5 N–H and O–H groups in total. The molecule has 5 radical (unpaired) electrons. The van der Waals surface area contributed by atoms with Crippen LogP contribution in [0.4, 0.5) is 26.3 Å². The van der Waals surface area contributed by atoms with E-state index in [9.17, 15) is 55.4 Å². The number of aliphatic hydroxyl groups excluding tert-OH is 5. The van der Waals surface area contributed by atoms with Crippen molar-refractivity contribution in [3.8, 4) is 67.8 Å². The van der Waals surface area contributed by atoms with Crippen molar-refractivity contribution >= 4 is 83.4 Å². The molecule has 0 atom stereocenters. The molecule has 0 saturated carbocycles. The molecule has 0 fully saturated rings. The summed E-state index contributed by atoms with van der Waals surface area (Å²) in [5, 5.41) is 47.0. The minimum atomic E-state index is -0.622. The standard InChI is InChI=1S/C18H15FNO.C18H15FN.C17H13FN.C16H10F2N.C16H11FNO.C11H20O2.4C5H8O2.5Ir/c1-11-6-12(2)8-14(7-11)18-17(21-3)9-13-4-5-15(19)10-16(13)20-18;1-11-6-12(2)8-15(7-11)18-13(3)9-14-4-5-16(19)10-17(14)20-18;1-11-3-4-14(9-12(11)2)16-8-6-13-5-7-15(18)10-17(13)19-16;1-10-3-2-4-11(7-10)15-6-5-13-14(18)8-12(17)9-16(13)19-15;1-19-14-4-2-3-12(9-14)15-8-6-11-5-7-13(17)10-16(11)18-15;1-10(2,3)8(12)7-9(13)11(4,5)6;4*1-4(6)3-5(2)7;;;;;/h4-7,9-10H,1-3H3;4-7,9-10H,1-3H3;3,5-10H,1-2H3;2-3,5-9H,1H3;2,4-10H,1H3;7,12H,1-6H3;4*3,6H,1-2H3;;;;;/q5*-1;;;;;;;;;;. The smallest absolute Gasteiger partial charge is 0.164 e. The number of pyridine rings is 5. The molecular formula is C116H116F6Ir5N5O12-5. The van der Waals surface area contributed by atoms with Gasteiger partial charge in [0.05, 0.1) is 64.8 Å². The van der Waals surface area contributed by atoms with Crippen molar-refractivity contribution in [2.75, 3.05) is 14.2 Å². The first kappa shape index (κ1) is 130. The summed E-state index contributed by atoms with van der Waals surface area (Å²) in [6.07, 6.45) is 6.00. The van der Waals surface area contributed by atoms with Crippen LogP contribution in [0.5, 0.6) is 11.5 Å². The van der Waals surface area contributed by atoms with Gasteiger partial charge in [0.2, 0.25) is 0 Å². The van der Waals surface area contributed by atoms with E-state index in [0.717, 1.165) is 106 Å². The van der Waals surface area contributed by atoms with Crippen molar-refractivity contribution in [1.82, 2.24) is 24.9 Å². The Bertz CT molecular complexity index is 6950. The number of methoxy groups -OCH3 is 2. The number of aliphatic hydroxyl groups is 5. The fourth-order valence-electron chi connectivity index (χ4n) is 12.8. The predicted octanol–water partition coefficient (Wildman–Crippen LogP) is 29.1. The molecule has 0 aliphatic heterocycles. The van der Waals surface area contributed by atoms with Crippen LogP contribution in [-0.4, -0.2) is 93.6 Å². The SMILES string of the molecule is CC(=O)C=C(C)O.CC(=O)C=C(C)O.CC(=O)C=C(C)O.CC(=O)C=C(C)O.CC(C)(C)C(=O)C=C(O)C(C)(C)C.COc1cc2ccc(F)cc2nc1-c1[c-]c(C)cc(C)c1.COc1cc[c-]c(-c2ccc3ccc(F)cc3n2)c1.Cc1[c-]c(-c2nc3cc(F)ccc3cc2C)cc(C)c1.Cc1c[c-]c(-c2ccc3ccc(F)cc3n2)cc1C.Cc1cc[c-]c(-c2ccc3c(F)cc(F)cc3n2)c1.[Ir].[Ir].[Ir].[Ir].[Ir]. The molecule has 5 heterocycles. The van der Waals surface area contributed by atoms with E-state index in [4.69, 9.17) is 29.9 Å². The minimum Gasteiger partial charge on any atom is -0.516 e. The normalized spacial score (nSPS) is 10.9. The van der Waals surface area contributed by atoms with E-state index in [1.165, 1.54) is 157 Å². The number of halogens is 6. The van der Waals surface area contributed by atoms with E-state index < -0.39 is 17.0 Å². The number of carbonyl (C=O) groups excluding carboxylic acids is 5. The molecule has 0 spiro atoms. The number of allylic oxidation sites excluding steroid dienone is 10. The first-order valence-corrected chi connectivity index (χ1v) is 43.8. The maximum atomic E-state index is 13.6. The summed E-state index contributed by atoms with van der Waals surface area (Å²) in [6.45, 7) is 38.7. The summed E-state index contributed by atoms with van der Waals surface area (Å²) in [5.41, 5.74) is 19.3. The van der Waals surface area contributed by atoms with Gasteiger partial charge in [-0.2, -0.15) is 0 Å². The van der Waals surface area contributed by atoms with Gasteiger partial charge in [-0.3, -0.25) is 48.9 Å². The molecule has 0 aliphatic rings. The van der Waals surface area contributed by atoms with Crippen LogP contribution in [-0.2, 0) is 124 Å². The average molecular weight is 2850 g/mol. The average Bonchev–Trinajstić information content (AvgIpc) is 0.783. The molecule has 0 bridgehead atoms. The molecule has 28 heteroatoms. The number of aromatic nitrogens is 5. The molecule has 10 aromatic carbocycles. The quantitative estimate of drug-likeness (QED) is 0.0329. The van der Waals surface area contributed by atoms with Gasteiger partial charge in [0.25, 0.3) is 0 Å². The van der Waals surface area contributed by atoms with Crippen LogP contribution in [0.2, 0.25) is 0 Å². The Hall–Kier alpha value is -12.3. The maximum absolute atomic E-state index is 13.6. The second-order valence-electron chi connectivity index (χ2n) is 34.7. The van der Waals surface area contributed by atoms with Crippen molar-refractivity contribution in [3.05, 3.63) is 375 Å². The van der Waals surface area contributed by atoms with Gasteiger partial charge < -0.3 is 35.0 Å². The number of fused-ring (bicyclic) bond motifs is 5. The monoisotopic (exact) mass is 2850 g/mol. The van der Waals surface area contributed by atoms with Crippen LogP contribution < -0.4 is 9.47 Å². The molecule has 0 aliphatic carbocycles. The fourth-order valence-corrected chi connectivity index (χ4v) is 12.8. The van der Waals surface area contributed by atoms with E-state index in [-0.39, 0.29) is 187 Å². The molecular weight excluding hydrogens is 2730 g/mol. The maximum Gasteiger partial charge on any atom is 0.164 e. The van der Waals surface area contributed by atoms with E-state index >= 15 is 0 Å². The summed E-state index contributed by atoms with van der Waals surface area (Å²) >= 11 is 0. The van der Waals surface area contributed by atoms with Gasteiger partial charge in [-0.25, -0.2) is 26.3 Å². The predicted molar refractivity (Wildman–Crippen MR) is 544 cm³/mol. The number of rotatable bonds is 12. The zero-order valence-electron chi connectivity index (χ0n) is 84.3. The molecule has 17 nitrogen and oxygen atoms in total. The number of aryl methyl sites for hydroxylation is 8. The zero-order chi connectivity index (χ0) is 104. The van der Waals surface area contributed by atoms with Gasteiger partial charge in [-0.1, -0.05) is 138 Å². The summed E-state index contributed by atoms with van der Waals surface area (Å²) in [5.74, 6) is -1.06. The number of hydrogen-bond donors (Lipinski definition) is 5. The summed E-state index contributed by atoms with van der Waals surface area (Å²) in [4.78, 5) is 74.0. The Morgan fingerprint density at radius 2 is 0.688 bits per heavy atom. The van der Waals surface area contributed by atoms with Crippen molar-refractivity contribution < 1.29 is 186 Å². The Morgan fingerprint density at radius 3 is 1.07 bits per heavy atom. The van der Waals surface area contributed by atoms with Crippen molar-refractivity contribution in [2.24, 2.45) is 10.8 Å². The molecule has 15 rings (SSSR count). The topological polar surface area (TPSA) is 269 Å². The first-order chi connectivity index (χ1) is 65.2. The second kappa shape index (κ2) is 61.8. The number of benzene rings is 10. The number of ketones is 5. The minimum absolute atomic E-state index is 0. The Morgan fingerprint density at radius 1 is 0.326 bits per heavy atom. The second-order valence-corrected chi connectivity index (χ2v) is 34.7. The van der Waals surface area contributed by atoms with Crippen LogP contribution in [0.25, 0.3) is 111 Å². The molecule has 769 valence electrons. The Labute approximate surface area is 906 Å². The van der Waals surface area contributed by atoms with Crippen molar-refractivity contribution in [2.45, 2.75) is 152 Å². The molecule has 0 unspecified atom stereocenters. The summed E-state index contributed by atoms with van der Waals surface area (Å²) < 4.78 is 90.6. The summed E-state index contributed by atoms with van der Waals surface area (Å²) in [7, 11) is 3.22. The van der Waals surface area contributed by atoms with Crippen molar-refractivity contribution in [1.29, 1.82) is 0 Å². The van der Waals surface area contributed by atoms with Gasteiger partial charge in [0.1, 0.15) is 46.4 Å². The molecule has 15 aromatic rings. The number of nitrogens with zero attached hydrogens (tertiary/aromatic N) is 5. The van der Waals surface area contributed by atoms with Crippen LogP contribution in [0.3, 0.4) is 0 Å². The number of carbonyl (C=O) groups is 5. The third-order valence-electron chi connectivity index (χ3n) is 19.4.